The topological polar surface area (TPSA) is 89.6 Å². The van der Waals surface area contributed by atoms with E-state index in [4.69, 9.17) is 33.7 Å². The van der Waals surface area contributed by atoms with Gasteiger partial charge in [-0.1, -0.05) is 23.2 Å². The Balaban J connectivity index is 1.97. The number of pyridine rings is 1. The number of aromatic nitrogens is 1. The van der Waals surface area contributed by atoms with Gasteiger partial charge in [-0.05, 0) is 24.3 Å². The van der Waals surface area contributed by atoms with Gasteiger partial charge in [-0.25, -0.2) is 18.2 Å². The molecule has 148 valence electrons. The number of anilines is 1. The third-order valence-electron chi connectivity index (χ3n) is 3.99. The molecule has 0 radical (unpaired) electrons. The number of amidine groups is 1. The Labute approximate surface area is 167 Å². The van der Waals surface area contributed by atoms with Crippen LogP contribution in [0.5, 0.6) is 0 Å². The summed E-state index contributed by atoms with van der Waals surface area (Å²) in [7, 11) is 0. The number of nitrogens with two attached hydrogens (primary N) is 1. The van der Waals surface area contributed by atoms with Crippen molar-refractivity contribution in [2.24, 2.45) is 10.7 Å². The first-order chi connectivity index (χ1) is 13.2. The van der Waals surface area contributed by atoms with E-state index in [9.17, 15) is 18.0 Å². The SMILES string of the molecule is NC1=NC(c2cc(NC(=O)c3ncc(Cl)cc3Cl)ccc2F)(C(F)F)COC1. The highest BCUT2D eigenvalue weighted by Gasteiger charge is 2.46. The molecule has 0 spiro atoms. The van der Waals surface area contributed by atoms with Gasteiger partial charge in [-0.15, -0.1) is 0 Å². The highest BCUT2D eigenvalue weighted by atomic mass is 35.5. The summed E-state index contributed by atoms with van der Waals surface area (Å²) in [4.78, 5) is 20.0. The number of alkyl halides is 2. The highest BCUT2D eigenvalue weighted by Crippen LogP contribution is 2.38. The Morgan fingerprint density at radius 1 is 1.32 bits per heavy atom. The minimum absolute atomic E-state index is 0.00515. The molecule has 6 nitrogen and oxygen atoms in total. The third-order valence-corrected chi connectivity index (χ3v) is 4.48. The maximum absolute atomic E-state index is 14.4. The van der Waals surface area contributed by atoms with E-state index in [0.717, 1.165) is 12.1 Å². The van der Waals surface area contributed by atoms with Crippen molar-refractivity contribution in [1.29, 1.82) is 0 Å². The fourth-order valence-corrected chi connectivity index (χ4v) is 3.17. The zero-order chi connectivity index (χ0) is 20.5. The summed E-state index contributed by atoms with van der Waals surface area (Å²) < 4.78 is 47.1. The van der Waals surface area contributed by atoms with Gasteiger partial charge in [0.1, 0.15) is 24.0 Å². The van der Waals surface area contributed by atoms with Crippen LogP contribution in [0.1, 0.15) is 16.1 Å². The van der Waals surface area contributed by atoms with Crippen molar-refractivity contribution in [3.05, 3.63) is 57.6 Å². The van der Waals surface area contributed by atoms with Gasteiger partial charge in [0.25, 0.3) is 12.3 Å². The number of carbonyl (C=O) groups is 1. The molecule has 1 unspecified atom stereocenters. The van der Waals surface area contributed by atoms with Crippen LogP contribution >= 0.6 is 23.2 Å². The largest absolute Gasteiger partial charge is 0.385 e. The van der Waals surface area contributed by atoms with Crippen LogP contribution in [-0.2, 0) is 10.3 Å². The molecule has 0 saturated carbocycles. The molecule has 1 aromatic carbocycles. The van der Waals surface area contributed by atoms with Crippen LogP contribution in [-0.4, -0.2) is 36.4 Å². The summed E-state index contributed by atoms with van der Waals surface area (Å²) >= 11 is 11.7. The second-order valence-corrected chi connectivity index (χ2v) is 6.80. The number of aliphatic imine (C=N–C) groups is 1. The van der Waals surface area contributed by atoms with Gasteiger partial charge < -0.3 is 15.8 Å². The molecular weight excluding hydrogens is 420 g/mol. The lowest BCUT2D eigenvalue weighted by Gasteiger charge is -2.33. The number of hydrogen-bond acceptors (Lipinski definition) is 5. The van der Waals surface area contributed by atoms with Crippen molar-refractivity contribution >= 4 is 40.6 Å². The Kier molecular flexibility index (Phi) is 5.78. The first-order valence-corrected chi connectivity index (χ1v) is 8.61. The molecule has 0 bridgehead atoms. The quantitative estimate of drug-likeness (QED) is 0.771. The summed E-state index contributed by atoms with van der Waals surface area (Å²) in [5.41, 5.74) is 2.65. The average molecular weight is 433 g/mol. The summed E-state index contributed by atoms with van der Waals surface area (Å²) in [5.74, 6) is -1.85. The number of nitrogens with one attached hydrogen (secondary N) is 1. The van der Waals surface area contributed by atoms with Crippen LogP contribution in [0.25, 0.3) is 0 Å². The van der Waals surface area contributed by atoms with Crippen LogP contribution in [0.15, 0.2) is 35.5 Å². The monoisotopic (exact) mass is 432 g/mol. The summed E-state index contributed by atoms with van der Waals surface area (Å²) in [6.07, 6.45) is -1.87. The lowest BCUT2D eigenvalue weighted by molar-refractivity contribution is -0.0145. The Hall–Kier alpha value is -2.36. The zero-order valence-corrected chi connectivity index (χ0v) is 15.6. The molecule has 3 rings (SSSR count). The Bertz CT molecular complexity index is 958. The molecule has 1 atom stereocenters. The van der Waals surface area contributed by atoms with Crippen LogP contribution in [0.4, 0.5) is 18.9 Å². The van der Waals surface area contributed by atoms with Gasteiger partial charge in [0.15, 0.2) is 5.54 Å². The Morgan fingerprint density at radius 3 is 2.71 bits per heavy atom. The van der Waals surface area contributed by atoms with Crippen LogP contribution in [0, 0.1) is 5.82 Å². The van der Waals surface area contributed by atoms with E-state index >= 15 is 0 Å². The third kappa shape index (κ3) is 3.91. The maximum Gasteiger partial charge on any atom is 0.275 e. The summed E-state index contributed by atoms with van der Waals surface area (Å²) in [6.45, 7) is -0.697. The molecular formula is C17H13Cl2F3N4O2. The van der Waals surface area contributed by atoms with Crippen LogP contribution in [0.3, 0.4) is 0 Å². The minimum atomic E-state index is -3.10. The smallest absolute Gasteiger partial charge is 0.275 e. The molecule has 28 heavy (non-hydrogen) atoms. The molecule has 1 aliphatic heterocycles. The average Bonchev–Trinajstić information content (AvgIpc) is 2.62. The van der Waals surface area contributed by atoms with Crippen molar-refractivity contribution in [3.8, 4) is 0 Å². The molecule has 1 aromatic heterocycles. The summed E-state index contributed by atoms with van der Waals surface area (Å²) in [6, 6.07) is 4.52. The van der Waals surface area contributed by atoms with Crippen molar-refractivity contribution in [1.82, 2.24) is 4.98 Å². The van der Waals surface area contributed by atoms with E-state index in [1.165, 1.54) is 18.3 Å². The number of amides is 1. The minimum Gasteiger partial charge on any atom is -0.385 e. The number of hydrogen-bond donors (Lipinski definition) is 2. The molecule has 2 aromatic rings. The van der Waals surface area contributed by atoms with Crippen molar-refractivity contribution in [3.63, 3.8) is 0 Å². The molecule has 3 N–H and O–H groups in total. The number of rotatable bonds is 4. The van der Waals surface area contributed by atoms with E-state index in [1.54, 1.807) is 0 Å². The van der Waals surface area contributed by atoms with E-state index in [0.29, 0.717) is 0 Å². The normalized spacial score (nSPS) is 19.4. The first kappa shape index (κ1) is 20.4. The zero-order valence-electron chi connectivity index (χ0n) is 14.1. The predicted octanol–water partition coefficient (Wildman–Crippen LogP) is 3.63. The second kappa shape index (κ2) is 7.94. The van der Waals surface area contributed by atoms with E-state index in [-0.39, 0.29) is 33.9 Å². The molecule has 0 aliphatic carbocycles. The van der Waals surface area contributed by atoms with Crippen LogP contribution < -0.4 is 11.1 Å². The van der Waals surface area contributed by atoms with E-state index in [2.05, 4.69) is 15.3 Å². The Morgan fingerprint density at radius 2 is 2.07 bits per heavy atom. The summed E-state index contributed by atoms with van der Waals surface area (Å²) in [5, 5.41) is 2.66. The van der Waals surface area contributed by atoms with E-state index < -0.39 is 35.9 Å². The van der Waals surface area contributed by atoms with Crippen molar-refractivity contribution < 1.29 is 22.7 Å². The van der Waals surface area contributed by atoms with Gasteiger partial charge in [-0.3, -0.25) is 9.79 Å². The van der Waals surface area contributed by atoms with Gasteiger partial charge in [-0.2, -0.15) is 0 Å². The highest BCUT2D eigenvalue weighted by molar-refractivity contribution is 6.36. The lowest BCUT2D eigenvalue weighted by atomic mass is 9.90. The molecule has 11 heteroatoms. The number of halogens is 5. The number of ether oxygens (including phenoxy) is 1. The molecule has 2 heterocycles. The second-order valence-electron chi connectivity index (χ2n) is 5.95. The van der Waals surface area contributed by atoms with Gasteiger partial charge in [0.2, 0.25) is 0 Å². The van der Waals surface area contributed by atoms with Gasteiger partial charge in [0, 0.05) is 17.4 Å². The maximum atomic E-state index is 14.4. The van der Waals surface area contributed by atoms with Crippen molar-refractivity contribution in [2.75, 3.05) is 18.5 Å². The van der Waals surface area contributed by atoms with Crippen molar-refractivity contribution in [2.45, 2.75) is 12.0 Å². The number of carbonyl (C=O) groups excluding carboxylic acids is 1. The molecule has 1 amide bonds. The number of benzene rings is 1. The van der Waals surface area contributed by atoms with E-state index in [1.807, 2.05) is 0 Å². The fourth-order valence-electron chi connectivity index (χ4n) is 2.71. The van der Waals surface area contributed by atoms with Crippen LogP contribution in [0.2, 0.25) is 10.0 Å². The standard InChI is InChI=1S/C17H13Cl2F3N4O2/c18-8-3-11(19)14(24-5-8)15(27)25-9-1-2-12(20)10(4-9)17(16(21)22)7-28-6-13(23)26-17/h1-5,16H,6-7H2,(H2,23,26)(H,25,27). The lowest BCUT2D eigenvalue weighted by Crippen LogP contribution is -2.45. The molecule has 0 saturated heterocycles. The molecule has 0 fully saturated rings. The van der Waals surface area contributed by atoms with Gasteiger partial charge >= 0.3 is 0 Å². The fraction of sp³-hybridized carbons (Fsp3) is 0.235. The molecule has 1 aliphatic rings. The predicted molar refractivity (Wildman–Crippen MR) is 98.7 cm³/mol. The van der Waals surface area contributed by atoms with Gasteiger partial charge in [0.05, 0.1) is 16.7 Å². The number of nitrogens with zero attached hydrogens (tertiary/aromatic N) is 2. The first-order valence-electron chi connectivity index (χ1n) is 7.85.